The number of ether oxygens (including phenoxy) is 1. The SMILES string of the molecule is Cc1nc2cc(SN(C)c3ccc([C@@H]4C[C@H](OCC5CC5)CCC4C(=O)O)cc3)ccc2n1C.O=CNc1ccc(C(F)(F)F)cc1F. The standard InChI is InChI=1S/C27H33N3O3S.C8H5F4NO/c1-17-28-25-15-22(11-13-26(25)29(17)2)34-30(3)20-8-6-19(7-9-20)24-14-21(33-16-18-4-5-18)10-12-23(24)27(31)32;9-6-3-5(8(10,11)12)1-2-7(6)13-4-14/h6-9,11,13,15,18,21,23-24H,4-5,10,12,14,16H2,1-3H3,(H,31,32);1-4H,(H,13,14)/t21-,23?,24+;/m1./s1. The molecule has 1 amide bonds. The Morgan fingerprint density at radius 1 is 1.10 bits per heavy atom. The van der Waals surface area contributed by atoms with E-state index in [1.165, 1.54) is 12.8 Å². The van der Waals surface area contributed by atoms with Crippen LogP contribution in [0.25, 0.3) is 11.0 Å². The van der Waals surface area contributed by atoms with Gasteiger partial charge in [-0.2, -0.15) is 13.2 Å². The fraction of sp³-hybridized carbons (Fsp3) is 0.400. The van der Waals surface area contributed by atoms with Crippen molar-refractivity contribution in [3.63, 3.8) is 0 Å². The molecule has 0 spiro atoms. The minimum Gasteiger partial charge on any atom is -0.481 e. The molecule has 4 aromatic rings. The zero-order valence-corrected chi connectivity index (χ0v) is 27.7. The molecule has 0 bridgehead atoms. The molecule has 0 aliphatic heterocycles. The highest BCUT2D eigenvalue weighted by Crippen LogP contribution is 2.41. The van der Waals surface area contributed by atoms with E-state index in [2.05, 4.69) is 63.4 Å². The number of nitrogens with one attached hydrogen (secondary N) is 1. The summed E-state index contributed by atoms with van der Waals surface area (Å²) >= 11 is 1.66. The Morgan fingerprint density at radius 2 is 1.83 bits per heavy atom. The van der Waals surface area contributed by atoms with Crippen molar-refractivity contribution in [2.75, 3.05) is 23.3 Å². The van der Waals surface area contributed by atoms with E-state index in [1.54, 1.807) is 11.9 Å². The van der Waals surface area contributed by atoms with Crippen LogP contribution in [0.4, 0.5) is 28.9 Å². The first kappa shape index (κ1) is 35.2. The number of alkyl halides is 3. The van der Waals surface area contributed by atoms with Crippen molar-refractivity contribution in [3.05, 3.63) is 83.4 Å². The van der Waals surface area contributed by atoms with E-state index in [1.807, 2.05) is 19.3 Å². The second-order valence-electron chi connectivity index (χ2n) is 12.3. The molecule has 2 aliphatic carbocycles. The molecule has 2 aliphatic rings. The fourth-order valence-corrected chi connectivity index (χ4v) is 6.71. The highest BCUT2D eigenvalue weighted by molar-refractivity contribution is 8.00. The number of carbonyl (C=O) groups is 2. The van der Waals surface area contributed by atoms with E-state index in [0.29, 0.717) is 18.6 Å². The third-order valence-corrected chi connectivity index (χ3v) is 9.85. The quantitative estimate of drug-likeness (QED) is 0.0987. The number of hydrogen-bond acceptors (Lipinski definition) is 6. The summed E-state index contributed by atoms with van der Waals surface area (Å²) in [4.78, 5) is 27.6. The number of nitrogens with zero attached hydrogens (tertiary/aromatic N) is 3. The van der Waals surface area contributed by atoms with Gasteiger partial charge in [0, 0.05) is 31.3 Å². The fourth-order valence-electron chi connectivity index (χ4n) is 5.88. The summed E-state index contributed by atoms with van der Waals surface area (Å²) in [5.74, 6) is -0.423. The topological polar surface area (TPSA) is 96.7 Å². The Hall–Kier alpha value is -4.10. The minimum absolute atomic E-state index is 0.00253. The van der Waals surface area contributed by atoms with Crippen LogP contribution in [0.5, 0.6) is 0 Å². The number of imidazole rings is 1. The molecule has 48 heavy (non-hydrogen) atoms. The molecule has 3 aromatic carbocycles. The summed E-state index contributed by atoms with van der Waals surface area (Å²) in [5.41, 5.74) is 2.94. The van der Waals surface area contributed by atoms with Crippen LogP contribution in [-0.4, -0.2) is 46.8 Å². The van der Waals surface area contributed by atoms with Gasteiger partial charge in [-0.25, -0.2) is 9.37 Å². The molecule has 2 saturated carbocycles. The van der Waals surface area contributed by atoms with Crippen molar-refractivity contribution in [3.8, 4) is 0 Å². The van der Waals surface area contributed by atoms with Gasteiger partial charge in [-0.3, -0.25) is 9.59 Å². The maximum atomic E-state index is 12.8. The molecular weight excluding hydrogens is 648 g/mol. The normalized spacial score (nSPS) is 19.4. The van der Waals surface area contributed by atoms with E-state index < -0.39 is 23.5 Å². The molecule has 6 rings (SSSR count). The van der Waals surface area contributed by atoms with E-state index in [4.69, 9.17) is 4.74 Å². The van der Waals surface area contributed by atoms with Gasteiger partial charge >= 0.3 is 12.1 Å². The number of benzene rings is 3. The van der Waals surface area contributed by atoms with Gasteiger partial charge in [0.25, 0.3) is 0 Å². The zero-order chi connectivity index (χ0) is 34.6. The van der Waals surface area contributed by atoms with Crippen LogP contribution in [0.15, 0.2) is 65.6 Å². The van der Waals surface area contributed by atoms with E-state index in [9.17, 15) is 32.3 Å². The van der Waals surface area contributed by atoms with Gasteiger partial charge < -0.3 is 24.0 Å². The Morgan fingerprint density at radius 3 is 2.46 bits per heavy atom. The molecule has 256 valence electrons. The Kier molecular flexibility index (Phi) is 11.0. The number of fused-ring (bicyclic) bond motifs is 1. The van der Waals surface area contributed by atoms with E-state index in [0.717, 1.165) is 64.4 Å². The molecule has 1 aromatic heterocycles. The zero-order valence-electron chi connectivity index (χ0n) is 26.8. The van der Waals surface area contributed by atoms with Crippen LogP contribution in [0.2, 0.25) is 0 Å². The maximum absolute atomic E-state index is 12.8. The number of anilines is 2. The summed E-state index contributed by atoms with van der Waals surface area (Å²) in [7, 11) is 4.09. The monoisotopic (exact) mass is 686 g/mol. The average molecular weight is 687 g/mol. The average Bonchev–Trinajstić information content (AvgIpc) is 3.84. The highest BCUT2D eigenvalue weighted by Gasteiger charge is 2.37. The van der Waals surface area contributed by atoms with Crippen LogP contribution in [0.1, 0.15) is 55.0 Å². The third-order valence-electron chi connectivity index (χ3n) is 8.90. The third kappa shape index (κ3) is 8.67. The molecule has 3 atom stereocenters. The lowest BCUT2D eigenvalue weighted by Gasteiger charge is -2.34. The largest absolute Gasteiger partial charge is 0.481 e. The second kappa shape index (κ2) is 15.0. The van der Waals surface area contributed by atoms with Crippen molar-refractivity contribution in [1.82, 2.24) is 9.55 Å². The lowest BCUT2D eigenvalue weighted by molar-refractivity contribution is -0.145. The number of aryl methyl sites for hydroxylation is 2. The minimum atomic E-state index is -4.58. The number of rotatable bonds is 10. The van der Waals surface area contributed by atoms with Crippen LogP contribution >= 0.6 is 11.9 Å². The maximum Gasteiger partial charge on any atom is 0.416 e. The van der Waals surface area contributed by atoms with Crippen molar-refractivity contribution >= 4 is 46.7 Å². The first-order valence-corrected chi connectivity index (χ1v) is 16.5. The van der Waals surface area contributed by atoms with Crippen LogP contribution < -0.4 is 9.62 Å². The van der Waals surface area contributed by atoms with Gasteiger partial charge in [0.2, 0.25) is 6.41 Å². The van der Waals surface area contributed by atoms with Gasteiger partial charge in [0.05, 0.1) is 34.3 Å². The van der Waals surface area contributed by atoms with Gasteiger partial charge in [-0.1, -0.05) is 12.1 Å². The number of carbonyl (C=O) groups excluding carboxylic acids is 1. The number of carboxylic acid groups (broad SMARTS) is 1. The molecule has 0 radical (unpaired) electrons. The van der Waals surface area contributed by atoms with Crippen LogP contribution in [-0.2, 0) is 27.5 Å². The smallest absolute Gasteiger partial charge is 0.416 e. The van der Waals surface area contributed by atoms with Crippen molar-refractivity contribution < 1.29 is 37.0 Å². The predicted octanol–water partition coefficient (Wildman–Crippen LogP) is 8.20. The molecule has 8 nitrogen and oxygen atoms in total. The summed E-state index contributed by atoms with van der Waals surface area (Å²) in [5, 5.41) is 11.8. The number of amides is 1. The molecule has 13 heteroatoms. The Labute approximate surface area is 280 Å². The Balaban J connectivity index is 0.000000271. The van der Waals surface area contributed by atoms with Gasteiger partial charge in [0.15, 0.2) is 0 Å². The van der Waals surface area contributed by atoms with Crippen LogP contribution in [0, 0.1) is 24.6 Å². The number of hydrogen-bond donors (Lipinski definition) is 2. The van der Waals surface area contributed by atoms with Gasteiger partial charge in [-0.15, -0.1) is 0 Å². The lowest BCUT2D eigenvalue weighted by atomic mass is 9.74. The number of aliphatic carboxylic acids is 1. The lowest BCUT2D eigenvalue weighted by Crippen LogP contribution is -2.33. The summed E-state index contributed by atoms with van der Waals surface area (Å²) in [6.07, 6.45) is 0.639. The number of aromatic nitrogens is 2. The van der Waals surface area contributed by atoms with Gasteiger partial charge in [-0.05, 0) is 117 Å². The summed E-state index contributed by atoms with van der Waals surface area (Å²) < 4.78 is 59.3. The van der Waals surface area contributed by atoms with Crippen LogP contribution in [0.3, 0.4) is 0 Å². The van der Waals surface area contributed by atoms with E-state index >= 15 is 0 Å². The molecule has 1 unspecified atom stereocenters. The molecular formula is C35H38F4N4O4S. The van der Waals surface area contributed by atoms with Crippen molar-refractivity contribution in [2.24, 2.45) is 18.9 Å². The van der Waals surface area contributed by atoms with E-state index in [-0.39, 0.29) is 30.0 Å². The number of carboxylic acids is 1. The highest BCUT2D eigenvalue weighted by atomic mass is 32.2. The first-order chi connectivity index (χ1) is 22.8. The molecule has 1 heterocycles. The molecule has 2 fully saturated rings. The summed E-state index contributed by atoms with van der Waals surface area (Å²) in [6, 6.07) is 16.6. The van der Waals surface area contributed by atoms with Gasteiger partial charge in [0.1, 0.15) is 11.6 Å². The molecule has 2 N–H and O–H groups in total. The van der Waals surface area contributed by atoms with Crippen molar-refractivity contribution in [2.45, 2.75) is 62.1 Å². The van der Waals surface area contributed by atoms with Crippen molar-refractivity contribution in [1.29, 1.82) is 0 Å². The first-order valence-electron chi connectivity index (χ1n) is 15.7. The second-order valence-corrected chi connectivity index (χ2v) is 13.5. The molecule has 0 saturated heterocycles. The Bertz CT molecular complexity index is 1740. The number of halogens is 4. The summed E-state index contributed by atoms with van der Waals surface area (Å²) in [6.45, 7) is 2.85. The predicted molar refractivity (Wildman–Crippen MR) is 177 cm³/mol.